The Labute approximate surface area is 122 Å². The summed E-state index contributed by atoms with van der Waals surface area (Å²) in [5, 5.41) is 9.34. The van der Waals surface area contributed by atoms with Crippen LogP contribution in [0.25, 0.3) is 11.1 Å². The lowest BCUT2D eigenvalue weighted by Crippen LogP contribution is -2.05. The molecule has 1 N–H and O–H groups in total. The molecule has 0 atom stereocenters. The zero-order valence-electron chi connectivity index (χ0n) is 11.3. The Bertz CT molecular complexity index is 635. The van der Waals surface area contributed by atoms with Gasteiger partial charge in [0.25, 0.3) is 0 Å². The van der Waals surface area contributed by atoms with E-state index in [1.807, 2.05) is 38.1 Å². The van der Waals surface area contributed by atoms with Gasteiger partial charge in [-0.25, -0.2) is 4.79 Å². The van der Waals surface area contributed by atoms with Gasteiger partial charge in [-0.05, 0) is 43.7 Å². The van der Waals surface area contributed by atoms with Gasteiger partial charge in [0.15, 0.2) is 0 Å². The molecular formula is C16H15ClO3. The fourth-order valence-corrected chi connectivity index (χ4v) is 2.18. The number of carboxylic acid groups (broad SMARTS) is 1. The van der Waals surface area contributed by atoms with Gasteiger partial charge in [-0.3, -0.25) is 0 Å². The minimum Gasteiger partial charge on any atom is -0.491 e. The van der Waals surface area contributed by atoms with E-state index in [2.05, 4.69) is 0 Å². The molecule has 0 bridgehead atoms. The number of aromatic carboxylic acids is 1. The van der Waals surface area contributed by atoms with Gasteiger partial charge in [-0.1, -0.05) is 29.8 Å². The van der Waals surface area contributed by atoms with Crippen LogP contribution in [0.2, 0.25) is 5.02 Å². The monoisotopic (exact) mass is 290 g/mol. The maximum Gasteiger partial charge on any atom is 0.335 e. The minimum absolute atomic E-state index is 0.0927. The van der Waals surface area contributed by atoms with Crippen molar-refractivity contribution in [2.75, 3.05) is 0 Å². The Balaban J connectivity index is 2.38. The molecule has 2 aromatic carbocycles. The summed E-state index contributed by atoms with van der Waals surface area (Å²) < 4.78 is 5.64. The van der Waals surface area contributed by atoms with E-state index < -0.39 is 5.97 Å². The molecule has 2 aromatic rings. The number of benzene rings is 2. The number of hydrogen-bond acceptors (Lipinski definition) is 2. The zero-order valence-corrected chi connectivity index (χ0v) is 12.0. The van der Waals surface area contributed by atoms with Crippen LogP contribution >= 0.6 is 11.6 Å². The maximum absolute atomic E-state index is 10.9. The lowest BCUT2D eigenvalue weighted by molar-refractivity contribution is 0.0697. The van der Waals surface area contributed by atoms with Crippen molar-refractivity contribution in [1.82, 2.24) is 0 Å². The van der Waals surface area contributed by atoms with E-state index in [-0.39, 0.29) is 11.7 Å². The van der Waals surface area contributed by atoms with Gasteiger partial charge in [0.05, 0.1) is 11.7 Å². The van der Waals surface area contributed by atoms with Crippen molar-refractivity contribution in [2.24, 2.45) is 0 Å². The SMILES string of the molecule is CC(C)Oc1cccc(-c2ccc(C(=O)O)cc2Cl)c1. The topological polar surface area (TPSA) is 46.5 Å². The quantitative estimate of drug-likeness (QED) is 0.902. The van der Waals surface area contributed by atoms with Crippen LogP contribution < -0.4 is 4.74 Å². The number of ether oxygens (including phenoxy) is 1. The van der Waals surface area contributed by atoms with Crippen LogP contribution in [0.3, 0.4) is 0 Å². The molecule has 0 spiro atoms. The van der Waals surface area contributed by atoms with Crippen LogP contribution in [-0.2, 0) is 0 Å². The van der Waals surface area contributed by atoms with E-state index >= 15 is 0 Å². The van der Waals surface area contributed by atoms with E-state index in [1.165, 1.54) is 6.07 Å². The molecule has 0 radical (unpaired) electrons. The highest BCUT2D eigenvalue weighted by molar-refractivity contribution is 6.33. The minimum atomic E-state index is -0.990. The molecule has 0 fully saturated rings. The predicted octanol–water partition coefficient (Wildman–Crippen LogP) is 4.49. The third-order valence-corrected chi connectivity index (χ3v) is 3.05. The molecule has 2 rings (SSSR count). The van der Waals surface area contributed by atoms with Gasteiger partial charge in [-0.15, -0.1) is 0 Å². The fourth-order valence-electron chi connectivity index (χ4n) is 1.89. The maximum atomic E-state index is 10.9. The summed E-state index contributed by atoms with van der Waals surface area (Å²) in [5.41, 5.74) is 1.85. The average molecular weight is 291 g/mol. The lowest BCUT2D eigenvalue weighted by atomic mass is 10.0. The third kappa shape index (κ3) is 3.31. The molecule has 0 aliphatic carbocycles. The summed E-state index contributed by atoms with van der Waals surface area (Å²) in [6, 6.07) is 12.3. The van der Waals surface area contributed by atoms with Crippen LogP contribution in [0.15, 0.2) is 42.5 Å². The fraction of sp³-hybridized carbons (Fsp3) is 0.188. The lowest BCUT2D eigenvalue weighted by Gasteiger charge is -2.12. The average Bonchev–Trinajstić information content (AvgIpc) is 2.38. The van der Waals surface area contributed by atoms with Crippen LogP contribution in [-0.4, -0.2) is 17.2 Å². The molecule has 0 heterocycles. The molecule has 0 unspecified atom stereocenters. The van der Waals surface area contributed by atoms with Gasteiger partial charge in [0.2, 0.25) is 0 Å². The third-order valence-electron chi connectivity index (χ3n) is 2.73. The Hall–Kier alpha value is -2.00. The van der Waals surface area contributed by atoms with E-state index in [0.717, 1.165) is 16.9 Å². The highest BCUT2D eigenvalue weighted by atomic mass is 35.5. The summed E-state index contributed by atoms with van der Waals surface area (Å²) in [7, 11) is 0. The highest BCUT2D eigenvalue weighted by Crippen LogP contribution is 2.31. The Morgan fingerprint density at radius 2 is 1.95 bits per heavy atom. The van der Waals surface area contributed by atoms with Crippen molar-refractivity contribution in [2.45, 2.75) is 20.0 Å². The molecule has 0 aliphatic rings. The van der Waals surface area contributed by atoms with Gasteiger partial charge < -0.3 is 9.84 Å². The van der Waals surface area contributed by atoms with Crippen LogP contribution in [0.5, 0.6) is 5.75 Å². The number of carboxylic acids is 1. The Morgan fingerprint density at radius 3 is 2.55 bits per heavy atom. The Kier molecular flexibility index (Phi) is 4.30. The zero-order chi connectivity index (χ0) is 14.7. The molecule has 3 nitrogen and oxygen atoms in total. The molecule has 0 aliphatic heterocycles. The second-order valence-corrected chi connectivity index (χ2v) is 5.10. The predicted molar refractivity (Wildman–Crippen MR) is 79.6 cm³/mol. The summed E-state index contributed by atoms with van der Waals surface area (Å²) in [4.78, 5) is 10.9. The van der Waals surface area contributed by atoms with E-state index in [4.69, 9.17) is 21.4 Å². The van der Waals surface area contributed by atoms with Gasteiger partial charge >= 0.3 is 5.97 Å². The van der Waals surface area contributed by atoms with E-state index in [9.17, 15) is 4.79 Å². The number of rotatable bonds is 4. The first-order valence-electron chi connectivity index (χ1n) is 6.27. The Morgan fingerprint density at radius 1 is 1.20 bits per heavy atom. The molecule has 20 heavy (non-hydrogen) atoms. The number of halogens is 1. The summed E-state index contributed by atoms with van der Waals surface area (Å²) in [5.74, 6) is -0.230. The van der Waals surface area contributed by atoms with Crippen LogP contribution in [0.4, 0.5) is 0 Å². The second-order valence-electron chi connectivity index (χ2n) is 4.69. The second kappa shape index (κ2) is 5.97. The first kappa shape index (κ1) is 14.4. The molecule has 0 amide bonds. The first-order valence-corrected chi connectivity index (χ1v) is 6.65. The van der Waals surface area contributed by atoms with Crippen molar-refractivity contribution in [3.8, 4) is 16.9 Å². The van der Waals surface area contributed by atoms with E-state index in [1.54, 1.807) is 12.1 Å². The number of carbonyl (C=O) groups is 1. The standard InChI is InChI=1S/C16H15ClO3/c1-10(2)20-13-5-3-4-11(8-13)14-7-6-12(16(18)19)9-15(14)17/h3-10H,1-2H3,(H,18,19). The molecular weight excluding hydrogens is 276 g/mol. The first-order chi connectivity index (χ1) is 9.47. The van der Waals surface area contributed by atoms with Crippen LogP contribution in [0, 0.1) is 0 Å². The normalized spacial score (nSPS) is 10.6. The van der Waals surface area contributed by atoms with Crippen LogP contribution in [0.1, 0.15) is 24.2 Å². The molecule has 4 heteroatoms. The summed E-state index contributed by atoms with van der Waals surface area (Å²) >= 11 is 6.16. The number of hydrogen-bond donors (Lipinski definition) is 1. The van der Waals surface area contributed by atoms with E-state index in [0.29, 0.717) is 5.02 Å². The molecule has 0 saturated carbocycles. The van der Waals surface area contributed by atoms with Crippen molar-refractivity contribution < 1.29 is 14.6 Å². The van der Waals surface area contributed by atoms with Crippen molar-refractivity contribution in [3.05, 3.63) is 53.1 Å². The van der Waals surface area contributed by atoms with Gasteiger partial charge in [0.1, 0.15) is 5.75 Å². The van der Waals surface area contributed by atoms with Crippen molar-refractivity contribution >= 4 is 17.6 Å². The molecule has 104 valence electrons. The van der Waals surface area contributed by atoms with Crippen molar-refractivity contribution in [3.63, 3.8) is 0 Å². The van der Waals surface area contributed by atoms with Gasteiger partial charge in [-0.2, -0.15) is 0 Å². The highest BCUT2D eigenvalue weighted by Gasteiger charge is 2.09. The largest absolute Gasteiger partial charge is 0.491 e. The summed E-state index contributed by atoms with van der Waals surface area (Å²) in [6.45, 7) is 3.92. The molecule has 0 aromatic heterocycles. The smallest absolute Gasteiger partial charge is 0.335 e. The van der Waals surface area contributed by atoms with Crippen molar-refractivity contribution in [1.29, 1.82) is 0 Å². The molecule has 0 saturated heterocycles. The van der Waals surface area contributed by atoms with Gasteiger partial charge in [0, 0.05) is 10.6 Å². The summed E-state index contributed by atoms with van der Waals surface area (Å²) in [6.07, 6.45) is 0.0927.